The lowest BCUT2D eigenvalue weighted by Gasteiger charge is -2.36. The summed E-state index contributed by atoms with van der Waals surface area (Å²) in [5.41, 5.74) is -0.667. The van der Waals surface area contributed by atoms with E-state index in [0.717, 1.165) is 0 Å². The lowest BCUT2D eigenvalue weighted by molar-refractivity contribution is 0.0145. The van der Waals surface area contributed by atoms with Crippen molar-refractivity contribution in [3.63, 3.8) is 0 Å². The van der Waals surface area contributed by atoms with Crippen molar-refractivity contribution in [3.8, 4) is 11.8 Å². The molecule has 2 aliphatic rings. The summed E-state index contributed by atoms with van der Waals surface area (Å²) in [5.74, 6) is 0.682. The van der Waals surface area contributed by atoms with Crippen molar-refractivity contribution >= 4 is 9.84 Å². The van der Waals surface area contributed by atoms with Crippen LogP contribution in [-0.4, -0.2) is 43.2 Å². The van der Waals surface area contributed by atoms with Crippen molar-refractivity contribution in [2.45, 2.75) is 41.8 Å². The molecule has 2 saturated heterocycles. The maximum absolute atomic E-state index is 12.2. The summed E-state index contributed by atoms with van der Waals surface area (Å²) in [4.78, 5) is 4.18. The van der Waals surface area contributed by atoms with Crippen molar-refractivity contribution in [2.24, 2.45) is 0 Å². The smallest absolute Gasteiger partial charge is 0.222 e. The molecule has 1 aromatic heterocycles. The molecule has 0 aromatic carbocycles. The highest BCUT2D eigenvalue weighted by molar-refractivity contribution is 7.93. The van der Waals surface area contributed by atoms with Crippen LogP contribution in [0, 0.1) is 0 Å². The second kappa shape index (κ2) is 4.84. The number of rotatable bonds is 3. The first-order valence-electron chi connectivity index (χ1n) is 6.95. The molecule has 2 atom stereocenters. The Morgan fingerprint density at radius 2 is 1.81 bits per heavy atom. The van der Waals surface area contributed by atoms with Gasteiger partial charge in [0.2, 0.25) is 11.8 Å². The molecule has 0 aliphatic carbocycles. The molecular weight excluding hydrogens is 294 g/mol. The Balaban J connectivity index is 2.01. The predicted molar refractivity (Wildman–Crippen MR) is 76.2 cm³/mol. The van der Waals surface area contributed by atoms with Crippen LogP contribution < -0.4 is 9.47 Å². The highest BCUT2D eigenvalue weighted by Crippen LogP contribution is 2.49. The van der Waals surface area contributed by atoms with Crippen molar-refractivity contribution < 1.29 is 23.0 Å². The SMILES string of the molecule is COc1ccc(C2(O)CC3CCC(C2)S3(=O)=O)c(OC)n1. The van der Waals surface area contributed by atoms with Crippen LogP contribution in [0.4, 0.5) is 0 Å². The number of ether oxygens (including phenoxy) is 2. The number of hydrogen-bond donors (Lipinski definition) is 1. The van der Waals surface area contributed by atoms with Gasteiger partial charge >= 0.3 is 0 Å². The summed E-state index contributed by atoms with van der Waals surface area (Å²) in [7, 11) is -0.108. The highest BCUT2D eigenvalue weighted by atomic mass is 32.2. The van der Waals surface area contributed by atoms with Crippen molar-refractivity contribution in [2.75, 3.05) is 14.2 Å². The molecule has 2 aliphatic heterocycles. The molecule has 1 aromatic rings. The molecule has 7 heteroatoms. The topological polar surface area (TPSA) is 85.7 Å². The van der Waals surface area contributed by atoms with E-state index in [4.69, 9.17) is 9.47 Å². The van der Waals surface area contributed by atoms with Gasteiger partial charge in [0.25, 0.3) is 0 Å². The monoisotopic (exact) mass is 313 g/mol. The van der Waals surface area contributed by atoms with Crippen molar-refractivity contribution in [1.82, 2.24) is 4.98 Å². The average molecular weight is 313 g/mol. The highest BCUT2D eigenvalue weighted by Gasteiger charge is 2.54. The van der Waals surface area contributed by atoms with Gasteiger partial charge in [-0.2, -0.15) is 4.98 Å². The van der Waals surface area contributed by atoms with Gasteiger partial charge < -0.3 is 14.6 Å². The van der Waals surface area contributed by atoms with E-state index in [1.54, 1.807) is 12.1 Å². The third-order valence-electron chi connectivity index (χ3n) is 4.61. The largest absolute Gasteiger partial charge is 0.481 e. The summed E-state index contributed by atoms with van der Waals surface area (Å²) in [6, 6.07) is 3.36. The minimum atomic E-state index is -3.09. The van der Waals surface area contributed by atoms with Gasteiger partial charge in [0.05, 0.1) is 30.3 Å². The Morgan fingerprint density at radius 1 is 1.19 bits per heavy atom. The van der Waals surface area contributed by atoms with Crippen LogP contribution in [0.1, 0.15) is 31.2 Å². The van der Waals surface area contributed by atoms with E-state index >= 15 is 0 Å². The zero-order chi connectivity index (χ0) is 15.3. The van der Waals surface area contributed by atoms with Gasteiger partial charge in [-0.1, -0.05) is 0 Å². The lowest BCUT2D eigenvalue weighted by Crippen LogP contribution is -2.43. The third kappa shape index (κ3) is 2.19. The molecule has 1 N–H and O–H groups in total. The Labute approximate surface area is 124 Å². The summed E-state index contributed by atoms with van der Waals surface area (Å²) < 4.78 is 34.6. The predicted octanol–water partition coefficient (Wildman–Crippen LogP) is 1.03. The Morgan fingerprint density at radius 3 is 2.33 bits per heavy atom. The molecule has 2 fully saturated rings. The average Bonchev–Trinajstić information content (AvgIpc) is 2.66. The number of aliphatic hydroxyl groups is 1. The van der Waals surface area contributed by atoms with E-state index in [1.165, 1.54) is 14.2 Å². The van der Waals surface area contributed by atoms with Crippen LogP contribution >= 0.6 is 0 Å². The molecular formula is C14H19NO5S. The molecule has 2 bridgehead atoms. The molecule has 116 valence electrons. The zero-order valence-corrected chi connectivity index (χ0v) is 12.9. The van der Waals surface area contributed by atoms with Crippen LogP contribution in [0.15, 0.2) is 12.1 Å². The summed E-state index contributed by atoms with van der Waals surface area (Å²) in [5, 5.41) is 10.1. The van der Waals surface area contributed by atoms with Crippen LogP contribution in [0.3, 0.4) is 0 Å². The standard InChI is InChI=1S/C14H19NO5S/c1-19-12-6-5-11(13(15-12)20-2)14(16)7-9-3-4-10(8-14)21(9,17)18/h5-6,9-10,16H,3-4,7-8H2,1-2H3. The minimum Gasteiger partial charge on any atom is -0.481 e. The molecule has 21 heavy (non-hydrogen) atoms. The van der Waals surface area contributed by atoms with E-state index in [1.807, 2.05) is 0 Å². The van der Waals surface area contributed by atoms with Gasteiger partial charge in [-0.15, -0.1) is 0 Å². The Kier molecular flexibility index (Phi) is 3.37. The van der Waals surface area contributed by atoms with Gasteiger partial charge in [0, 0.05) is 11.6 Å². The fraction of sp³-hybridized carbons (Fsp3) is 0.643. The molecule has 0 radical (unpaired) electrons. The van der Waals surface area contributed by atoms with Gasteiger partial charge in [-0.05, 0) is 31.7 Å². The van der Waals surface area contributed by atoms with Crippen molar-refractivity contribution in [3.05, 3.63) is 17.7 Å². The number of hydrogen-bond acceptors (Lipinski definition) is 6. The third-order valence-corrected chi connectivity index (χ3v) is 7.27. The zero-order valence-electron chi connectivity index (χ0n) is 12.1. The first-order valence-corrected chi connectivity index (χ1v) is 8.56. The maximum atomic E-state index is 12.2. The van der Waals surface area contributed by atoms with E-state index in [0.29, 0.717) is 24.3 Å². The molecule has 2 unspecified atom stereocenters. The van der Waals surface area contributed by atoms with E-state index < -0.39 is 25.9 Å². The Hall–Kier alpha value is -1.34. The van der Waals surface area contributed by atoms with E-state index in [2.05, 4.69) is 4.98 Å². The number of fused-ring (bicyclic) bond motifs is 2. The van der Waals surface area contributed by atoms with Crippen LogP contribution in [0.5, 0.6) is 11.8 Å². The molecule has 6 nitrogen and oxygen atoms in total. The molecule has 0 spiro atoms. The minimum absolute atomic E-state index is 0.205. The van der Waals surface area contributed by atoms with Crippen LogP contribution in [0.25, 0.3) is 0 Å². The summed E-state index contributed by atoms with van der Waals surface area (Å²) >= 11 is 0. The van der Waals surface area contributed by atoms with Crippen LogP contribution in [-0.2, 0) is 15.4 Å². The maximum Gasteiger partial charge on any atom is 0.222 e. The quantitative estimate of drug-likeness (QED) is 0.897. The second-order valence-corrected chi connectivity index (χ2v) is 8.27. The number of sulfone groups is 1. The second-order valence-electron chi connectivity index (χ2n) is 5.76. The van der Waals surface area contributed by atoms with Gasteiger partial charge in [-0.25, -0.2) is 8.42 Å². The fourth-order valence-corrected chi connectivity index (χ4v) is 6.00. The number of pyridine rings is 1. The first-order chi connectivity index (χ1) is 9.90. The number of aromatic nitrogens is 1. The van der Waals surface area contributed by atoms with Gasteiger partial charge in [0.15, 0.2) is 9.84 Å². The fourth-order valence-electron chi connectivity index (χ4n) is 3.51. The van der Waals surface area contributed by atoms with Gasteiger partial charge in [0.1, 0.15) is 0 Å². The Bertz CT molecular complexity index is 637. The van der Waals surface area contributed by atoms with Crippen LogP contribution in [0.2, 0.25) is 0 Å². The van der Waals surface area contributed by atoms with E-state index in [9.17, 15) is 13.5 Å². The summed E-state index contributed by atoms with van der Waals surface area (Å²) in [6.45, 7) is 0. The molecule has 3 rings (SSSR count). The molecule has 3 heterocycles. The van der Waals surface area contributed by atoms with Crippen molar-refractivity contribution in [1.29, 1.82) is 0 Å². The molecule has 0 amide bonds. The van der Waals surface area contributed by atoms with E-state index in [-0.39, 0.29) is 18.7 Å². The number of methoxy groups -OCH3 is 2. The first kappa shape index (κ1) is 14.6. The number of nitrogens with zero attached hydrogens (tertiary/aromatic N) is 1. The lowest BCUT2D eigenvalue weighted by atomic mass is 9.86. The van der Waals surface area contributed by atoms with Gasteiger partial charge in [-0.3, -0.25) is 0 Å². The normalized spacial score (nSPS) is 33.7. The summed E-state index contributed by atoms with van der Waals surface area (Å²) in [6.07, 6.45) is 1.66. The molecule has 0 saturated carbocycles.